The van der Waals surface area contributed by atoms with Crippen molar-refractivity contribution in [2.45, 2.75) is 18.4 Å². The van der Waals surface area contributed by atoms with Gasteiger partial charge in [0.15, 0.2) is 0 Å². The summed E-state index contributed by atoms with van der Waals surface area (Å²) in [6, 6.07) is 6.33. The maximum atomic E-state index is 13.4. The SMILES string of the molecule is COC(=O)[C@H](c1ccc(F)cc1Cl)[C@@H]1C=C[C@H](NC(=O)c2c(Cl)cc(Cl)cc2Cl)C1. The van der Waals surface area contributed by atoms with E-state index in [2.05, 4.69) is 5.32 Å². The molecule has 0 unspecified atom stereocenters. The van der Waals surface area contributed by atoms with Crippen molar-refractivity contribution in [1.82, 2.24) is 5.32 Å². The fourth-order valence-corrected chi connectivity index (χ4v) is 4.77. The fourth-order valence-electron chi connectivity index (χ4n) is 3.49. The molecule has 0 heterocycles. The van der Waals surface area contributed by atoms with Crippen molar-refractivity contribution in [3.05, 3.63) is 79.5 Å². The number of carbonyl (C=O) groups excluding carboxylic acids is 2. The van der Waals surface area contributed by atoms with Gasteiger partial charge in [-0.15, -0.1) is 0 Å². The first-order valence-corrected chi connectivity index (χ1v) is 10.4. The van der Waals surface area contributed by atoms with Gasteiger partial charge in [-0.25, -0.2) is 4.39 Å². The highest BCUT2D eigenvalue weighted by molar-refractivity contribution is 6.42. The molecule has 0 radical (unpaired) electrons. The quantitative estimate of drug-likeness (QED) is 0.408. The summed E-state index contributed by atoms with van der Waals surface area (Å²) in [5, 5.41) is 3.55. The number of ether oxygens (including phenoxy) is 1. The highest BCUT2D eigenvalue weighted by atomic mass is 35.5. The summed E-state index contributed by atoms with van der Waals surface area (Å²) in [7, 11) is 1.27. The van der Waals surface area contributed by atoms with Gasteiger partial charge in [0.05, 0.1) is 28.6 Å². The van der Waals surface area contributed by atoms with Gasteiger partial charge in [0, 0.05) is 16.1 Å². The second-order valence-electron chi connectivity index (χ2n) is 6.78. The first-order valence-electron chi connectivity index (χ1n) is 8.87. The van der Waals surface area contributed by atoms with E-state index in [4.69, 9.17) is 51.1 Å². The zero-order chi connectivity index (χ0) is 22.0. The average molecular weight is 491 g/mol. The molecular weight excluding hydrogens is 475 g/mol. The molecule has 9 heteroatoms. The standard InChI is InChI=1S/C21H16Cl4FNO3/c1-30-21(29)18(14-5-3-12(26)9-15(14)23)10-2-4-13(6-10)27-20(28)19-16(24)7-11(22)8-17(19)25/h2-5,7-10,13,18H,6H2,1H3,(H,27,28)/t10-,13+,18+/m1/s1. The summed E-state index contributed by atoms with van der Waals surface area (Å²) in [6.45, 7) is 0. The van der Waals surface area contributed by atoms with E-state index in [-0.39, 0.29) is 32.6 Å². The molecule has 1 aliphatic carbocycles. The van der Waals surface area contributed by atoms with Gasteiger partial charge in [-0.3, -0.25) is 9.59 Å². The van der Waals surface area contributed by atoms with Crippen LogP contribution in [0.4, 0.5) is 4.39 Å². The third-order valence-electron chi connectivity index (χ3n) is 4.85. The molecule has 2 aromatic rings. The van der Waals surface area contributed by atoms with Gasteiger partial charge in [-0.05, 0) is 42.2 Å². The zero-order valence-corrected chi connectivity index (χ0v) is 18.6. The molecule has 0 saturated heterocycles. The number of nitrogens with one attached hydrogen (secondary N) is 1. The van der Waals surface area contributed by atoms with Crippen LogP contribution in [0.1, 0.15) is 28.3 Å². The molecule has 0 aromatic heterocycles. The largest absolute Gasteiger partial charge is 0.469 e. The number of benzene rings is 2. The van der Waals surface area contributed by atoms with Gasteiger partial charge in [-0.2, -0.15) is 0 Å². The molecule has 0 aliphatic heterocycles. The van der Waals surface area contributed by atoms with Crippen LogP contribution in [0.5, 0.6) is 0 Å². The molecular formula is C21H16Cl4FNO3. The van der Waals surface area contributed by atoms with Gasteiger partial charge >= 0.3 is 5.97 Å². The summed E-state index contributed by atoms with van der Waals surface area (Å²) in [5.74, 6) is -2.54. The number of halogens is 5. The molecule has 0 fully saturated rings. The van der Waals surface area contributed by atoms with E-state index < -0.39 is 23.6 Å². The molecule has 3 atom stereocenters. The van der Waals surface area contributed by atoms with E-state index in [1.165, 1.54) is 31.4 Å². The molecule has 1 N–H and O–H groups in total. The number of hydrogen-bond acceptors (Lipinski definition) is 3. The number of carbonyl (C=O) groups is 2. The van der Waals surface area contributed by atoms with Crippen LogP contribution in [0.3, 0.4) is 0 Å². The summed E-state index contributed by atoms with van der Waals surface area (Å²) >= 11 is 24.3. The van der Waals surface area contributed by atoms with Crippen LogP contribution < -0.4 is 5.32 Å². The maximum Gasteiger partial charge on any atom is 0.313 e. The summed E-state index contributed by atoms with van der Waals surface area (Å²) in [6.07, 6.45) is 3.98. The van der Waals surface area contributed by atoms with Crippen molar-refractivity contribution in [2.24, 2.45) is 5.92 Å². The Morgan fingerprint density at radius 1 is 1.07 bits per heavy atom. The Hall–Kier alpha value is -1.79. The van der Waals surface area contributed by atoms with Gasteiger partial charge in [-0.1, -0.05) is 64.6 Å². The average Bonchev–Trinajstić information content (AvgIpc) is 3.10. The Balaban J connectivity index is 1.78. The van der Waals surface area contributed by atoms with Crippen molar-refractivity contribution < 1.29 is 18.7 Å². The van der Waals surface area contributed by atoms with E-state index in [1.54, 1.807) is 12.2 Å². The van der Waals surface area contributed by atoms with Crippen LogP contribution >= 0.6 is 46.4 Å². The van der Waals surface area contributed by atoms with E-state index in [0.29, 0.717) is 17.0 Å². The van der Waals surface area contributed by atoms with E-state index in [1.807, 2.05) is 0 Å². The first-order chi connectivity index (χ1) is 14.2. The lowest BCUT2D eigenvalue weighted by Crippen LogP contribution is -2.34. The van der Waals surface area contributed by atoms with Crippen LogP contribution in [0.2, 0.25) is 20.1 Å². The second kappa shape index (κ2) is 9.56. The van der Waals surface area contributed by atoms with Crippen molar-refractivity contribution in [1.29, 1.82) is 0 Å². The number of methoxy groups -OCH3 is 1. The van der Waals surface area contributed by atoms with Crippen LogP contribution in [-0.2, 0) is 9.53 Å². The minimum atomic E-state index is -0.746. The van der Waals surface area contributed by atoms with E-state index in [0.717, 1.165) is 6.07 Å². The number of rotatable bonds is 5. The van der Waals surface area contributed by atoms with Crippen molar-refractivity contribution in [3.8, 4) is 0 Å². The second-order valence-corrected chi connectivity index (χ2v) is 8.43. The first kappa shape index (κ1) is 22.9. The minimum absolute atomic E-state index is 0.116. The van der Waals surface area contributed by atoms with Crippen LogP contribution in [0.25, 0.3) is 0 Å². The van der Waals surface area contributed by atoms with Crippen LogP contribution in [-0.4, -0.2) is 25.0 Å². The minimum Gasteiger partial charge on any atom is -0.469 e. The monoisotopic (exact) mass is 489 g/mol. The Labute approximate surface area is 192 Å². The van der Waals surface area contributed by atoms with Gasteiger partial charge in [0.25, 0.3) is 5.91 Å². The molecule has 1 aliphatic rings. The highest BCUT2D eigenvalue weighted by Gasteiger charge is 2.35. The van der Waals surface area contributed by atoms with Gasteiger partial charge in [0.2, 0.25) is 0 Å². The predicted octanol–water partition coefficient (Wildman–Crippen LogP) is 6.07. The fraction of sp³-hybridized carbons (Fsp3) is 0.238. The molecule has 3 rings (SSSR count). The Morgan fingerprint density at radius 3 is 2.33 bits per heavy atom. The third-order valence-corrected chi connectivity index (χ3v) is 5.99. The van der Waals surface area contributed by atoms with Crippen molar-refractivity contribution >= 4 is 58.3 Å². The molecule has 158 valence electrons. The van der Waals surface area contributed by atoms with E-state index in [9.17, 15) is 14.0 Å². The zero-order valence-electron chi connectivity index (χ0n) is 15.6. The predicted molar refractivity (Wildman–Crippen MR) is 116 cm³/mol. The van der Waals surface area contributed by atoms with E-state index >= 15 is 0 Å². The maximum absolute atomic E-state index is 13.4. The highest BCUT2D eigenvalue weighted by Crippen LogP contribution is 2.38. The topological polar surface area (TPSA) is 55.4 Å². The molecule has 30 heavy (non-hydrogen) atoms. The van der Waals surface area contributed by atoms with Crippen molar-refractivity contribution in [2.75, 3.05) is 7.11 Å². The third kappa shape index (κ3) is 4.92. The molecule has 0 spiro atoms. The molecule has 0 saturated carbocycles. The number of hydrogen-bond donors (Lipinski definition) is 1. The van der Waals surface area contributed by atoms with Crippen LogP contribution in [0, 0.1) is 11.7 Å². The lowest BCUT2D eigenvalue weighted by atomic mass is 9.85. The number of amides is 1. The number of esters is 1. The Morgan fingerprint density at radius 2 is 1.73 bits per heavy atom. The lowest BCUT2D eigenvalue weighted by Gasteiger charge is -2.23. The smallest absolute Gasteiger partial charge is 0.313 e. The molecule has 1 amide bonds. The van der Waals surface area contributed by atoms with Crippen LogP contribution in [0.15, 0.2) is 42.5 Å². The van der Waals surface area contributed by atoms with Gasteiger partial charge < -0.3 is 10.1 Å². The Kier molecular flexibility index (Phi) is 7.30. The van der Waals surface area contributed by atoms with Gasteiger partial charge in [0.1, 0.15) is 5.82 Å². The molecule has 2 aromatic carbocycles. The van der Waals surface area contributed by atoms with Crippen molar-refractivity contribution in [3.63, 3.8) is 0 Å². The summed E-state index contributed by atoms with van der Waals surface area (Å²) < 4.78 is 18.4. The number of allylic oxidation sites excluding steroid dienone is 1. The Bertz CT molecular complexity index is 1000. The molecule has 4 nitrogen and oxygen atoms in total. The molecule has 0 bridgehead atoms. The summed E-state index contributed by atoms with van der Waals surface area (Å²) in [5.41, 5.74) is 0.570. The lowest BCUT2D eigenvalue weighted by molar-refractivity contribution is -0.143. The normalized spacial score (nSPS) is 18.9. The summed E-state index contributed by atoms with van der Waals surface area (Å²) in [4.78, 5) is 25.1.